The van der Waals surface area contributed by atoms with Crippen LogP contribution in [0.5, 0.6) is 0 Å². The van der Waals surface area contributed by atoms with Crippen molar-refractivity contribution in [2.24, 2.45) is 0 Å². The highest BCUT2D eigenvalue weighted by Gasteiger charge is 2.44. The molecule has 6 N–H and O–H groups in total. The first-order valence-corrected chi connectivity index (χ1v) is 33.8. The second-order valence-electron chi connectivity index (χ2n) is 23.2. The van der Waals surface area contributed by atoms with Crippen LogP contribution in [0.3, 0.4) is 0 Å². The minimum atomic E-state index is -1.57. The monoisotopic (exact) mass is 1120 g/mol. The third-order valence-electron chi connectivity index (χ3n) is 15.7. The molecule has 1 aliphatic heterocycles. The highest BCUT2D eigenvalue weighted by molar-refractivity contribution is 5.76. The Morgan fingerprint density at radius 3 is 1.15 bits per heavy atom. The fraction of sp³-hybridized carbons (Fsp3) is 0.789. The van der Waals surface area contributed by atoms with E-state index >= 15 is 0 Å². The van der Waals surface area contributed by atoms with Gasteiger partial charge in [-0.3, -0.25) is 4.79 Å². The number of unbranched alkanes of at least 4 members (excludes halogenated alkanes) is 36. The molecule has 0 aromatic rings. The van der Waals surface area contributed by atoms with Gasteiger partial charge in [0.1, 0.15) is 24.4 Å². The van der Waals surface area contributed by atoms with Crippen LogP contribution in [0.2, 0.25) is 0 Å². The lowest BCUT2D eigenvalue weighted by Gasteiger charge is -2.40. The summed E-state index contributed by atoms with van der Waals surface area (Å²) in [4.78, 5) is 13.1. The molecule has 0 saturated carbocycles. The topological polar surface area (TPSA) is 149 Å². The first-order chi connectivity index (χ1) is 39.3. The van der Waals surface area contributed by atoms with Crippen molar-refractivity contribution in [1.82, 2.24) is 5.32 Å². The number of hydrogen-bond acceptors (Lipinski definition) is 8. The van der Waals surface area contributed by atoms with Gasteiger partial charge in [0.2, 0.25) is 5.91 Å². The fourth-order valence-electron chi connectivity index (χ4n) is 10.5. The van der Waals surface area contributed by atoms with Crippen LogP contribution in [0.25, 0.3) is 0 Å². The molecule has 1 aliphatic rings. The highest BCUT2D eigenvalue weighted by Crippen LogP contribution is 2.23. The second kappa shape index (κ2) is 59.5. The molecule has 0 spiro atoms. The molecule has 0 aliphatic carbocycles. The van der Waals surface area contributed by atoms with Crippen molar-refractivity contribution in [2.75, 3.05) is 13.2 Å². The summed E-state index contributed by atoms with van der Waals surface area (Å²) in [7, 11) is 0. The van der Waals surface area contributed by atoms with E-state index < -0.39 is 49.5 Å². The Kier molecular flexibility index (Phi) is 56.1. The number of hydrogen-bond donors (Lipinski definition) is 6. The molecule has 80 heavy (non-hydrogen) atoms. The summed E-state index contributed by atoms with van der Waals surface area (Å²) in [6.45, 7) is 3.69. The Labute approximate surface area is 492 Å². The Morgan fingerprint density at radius 1 is 0.438 bits per heavy atom. The second-order valence-corrected chi connectivity index (χ2v) is 23.2. The van der Waals surface area contributed by atoms with Crippen molar-refractivity contribution in [2.45, 2.75) is 346 Å². The third kappa shape index (κ3) is 47.8. The van der Waals surface area contributed by atoms with Gasteiger partial charge in [-0.25, -0.2) is 0 Å². The number of allylic oxidation sites excluding steroid dienone is 13. The molecule has 1 heterocycles. The molecular weight excluding hydrogens is 995 g/mol. The molecule has 1 rings (SSSR count). The van der Waals surface area contributed by atoms with Crippen molar-refractivity contribution < 1.29 is 39.8 Å². The molecule has 7 atom stereocenters. The molecule has 0 radical (unpaired) electrons. The maximum Gasteiger partial charge on any atom is 0.220 e. The number of carbonyl (C=O) groups excluding carboxylic acids is 1. The zero-order chi connectivity index (χ0) is 57.9. The van der Waals surface area contributed by atoms with Crippen LogP contribution >= 0.6 is 0 Å². The predicted octanol–water partition coefficient (Wildman–Crippen LogP) is 18.1. The largest absolute Gasteiger partial charge is 0.394 e. The number of rotatable bonds is 58. The summed E-state index contributed by atoms with van der Waals surface area (Å²) < 4.78 is 11.3. The molecule has 464 valence electrons. The van der Waals surface area contributed by atoms with Gasteiger partial charge in [0.25, 0.3) is 0 Å². The number of nitrogens with one attached hydrogen (secondary N) is 1. The maximum absolute atomic E-state index is 13.1. The molecule has 0 aromatic carbocycles. The Morgan fingerprint density at radius 2 is 0.775 bits per heavy atom. The molecule has 0 bridgehead atoms. The van der Waals surface area contributed by atoms with E-state index in [4.69, 9.17) is 9.47 Å². The Balaban J connectivity index is 2.11. The van der Waals surface area contributed by atoms with Gasteiger partial charge in [0.15, 0.2) is 6.29 Å². The van der Waals surface area contributed by atoms with E-state index in [0.29, 0.717) is 6.42 Å². The van der Waals surface area contributed by atoms with Gasteiger partial charge < -0.3 is 40.3 Å². The van der Waals surface area contributed by atoms with Gasteiger partial charge in [-0.15, -0.1) is 0 Å². The molecule has 1 amide bonds. The number of ether oxygens (including phenoxy) is 2. The van der Waals surface area contributed by atoms with Crippen molar-refractivity contribution >= 4 is 5.91 Å². The first kappa shape index (κ1) is 75.4. The van der Waals surface area contributed by atoms with E-state index in [2.05, 4.69) is 92.1 Å². The molecule has 9 nitrogen and oxygen atoms in total. The summed E-state index contributed by atoms with van der Waals surface area (Å²) in [5.41, 5.74) is 0. The zero-order valence-corrected chi connectivity index (χ0v) is 51.8. The van der Waals surface area contributed by atoms with Gasteiger partial charge in [-0.1, -0.05) is 311 Å². The van der Waals surface area contributed by atoms with Gasteiger partial charge in [-0.05, 0) is 70.6 Å². The van der Waals surface area contributed by atoms with Gasteiger partial charge in [0.05, 0.1) is 25.4 Å². The van der Waals surface area contributed by atoms with Crippen molar-refractivity contribution in [1.29, 1.82) is 0 Å². The molecular formula is C71H127NO8. The van der Waals surface area contributed by atoms with E-state index in [1.54, 1.807) is 6.08 Å². The lowest BCUT2D eigenvalue weighted by molar-refractivity contribution is -0.302. The summed E-state index contributed by atoms with van der Waals surface area (Å²) >= 11 is 0. The SMILES string of the molecule is CC/C=C\C/C=C\C/C=C\C/C=C\C/C=C\C/C=C\CCCCCCCCCCCCCCCCCCCCC(=O)NC(COC1OC(CO)C(O)C(O)C1O)C(O)/C=C/CCCCCCCCCCCCCCCCCCCC. The summed E-state index contributed by atoms with van der Waals surface area (Å²) in [5, 5.41) is 54.7. The summed E-state index contributed by atoms with van der Waals surface area (Å²) in [6.07, 6.45) is 78.2. The van der Waals surface area contributed by atoms with Crippen LogP contribution in [0.4, 0.5) is 0 Å². The first-order valence-electron chi connectivity index (χ1n) is 33.8. The van der Waals surface area contributed by atoms with Gasteiger partial charge in [0, 0.05) is 6.42 Å². The molecule has 9 heteroatoms. The van der Waals surface area contributed by atoms with E-state index in [-0.39, 0.29) is 12.5 Å². The van der Waals surface area contributed by atoms with Crippen LogP contribution in [0.1, 0.15) is 303 Å². The standard InChI is InChI=1S/C71H127NO8/c1-3-5-7-9-11-13-15-17-19-21-23-25-26-27-28-29-30-31-32-33-34-35-36-37-38-39-40-41-43-45-47-49-51-53-55-57-59-61-67(75)72-64(63-79-71-70(78)69(77)68(76)66(62-73)80-71)65(74)60-58-56-54-52-50-48-46-44-42-24-22-20-18-16-14-12-10-8-6-4-2/h5,7,11,13,17,19,23,25,27-28,30-31,58,60,64-66,68-71,73-74,76-78H,3-4,6,8-10,12,14-16,18,20-22,24,26,29,32-57,59,61-63H2,1-2H3,(H,72,75)/b7-5-,13-11-,19-17-,25-23-,28-27-,31-30-,60-58+. The smallest absolute Gasteiger partial charge is 0.220 e. The predicted molar refractivity (Wildman–Crippen MR) is 341 cm³/mol. The number of aliphatic hydroxyl groups excluding tert-OH is 5. The molecule has 1 fully saturated rings. The van der Waals surface area contributed by atoms with Crippen LogP contribution in [-0.4, -0.2) is 87.5 Å². The third-order valence-corrected chi connectivity index (χ3v) is 15.7. The maximum atomic E-state index is 13.1. The van der Waals surface area contributed by atoms with Crippen LogP contribution in [-0.2, 0) is 14.3 Å². The number of amides is 1. The van der Waals surface area contributed by atoms with Crippen molar-refractivity contribution in [3.05, 3.63) is 85.1 Å². The minimum absolute atomic E-state index is 0.174. The van der Waals surface area contributed by atoms with E-state index in [0.717, 1.165) is 77.0 Å². The van der Waals surface area contributed by atoms with Crippen LogP contribution in [0.15, 0.2) is 85.1 Å². The fourth-order valence-corrected chi connectivity index (χ4v) is 10.5. The molecule has 1 saturated heterocycles. The number of carbonyl (C=O) groups is 1. The average molecular weight is 1120 g/mol. The van der Waals surface area contributed by atoms with E-state index in [1.807, 2.05) is 6.08 Å². The van der Waals surface area contributed by atoms with E-state index in [1.165, 1.54) is 205 Å². The molecule has 7 unspecified atom stereocenters. The van der Waals surface area contributed by atoms with Crippen LogP contribution in [0, 0.1) is 0 Å². The number of aliphatic hydroxyl groups is 5. The lowest BCUT2D eigenvalue weighted by Crippen LogP contribution is -2.60. The van der Waals surface area contributed by atoms with Gasteiger partial charge >= 0.3 is 0 Å². The zero-order valence-electron chi connectivity index (χ0n) is 51.8. The van der Waals surface area contributed by atoms with Crippen molar-refractivity contribution in [3.8, 4) is 0 Å². The van der Waals surface area contributed by atoms with E-state index in [9.17, 15) is 30.3 Å². The summed E-state index contributed by atoms with van der Waals surface area (Å²) in [6, 6.07) is -0.808. The molecule has 0 aromatic heterocycles. The Hall–Kier alpha value is -2.63. The Bertz CT molecular complexity index is 1540. The van der Waals surface area contributed by atoms with Crippen LogP contribution < -0.4 is 5.32 Å². The van der Waals surface area contributed by atoms with Gasteiger partial charge in [-0.2, -0.15) is 0 Å². The lowest BCUT2D eigenvalue weighted by atomic mass is 9.99. The highest BCUT2D eigenvalue weighted by atomic mass is 16.7. The average Bonchev–Trinajstić information content (AvgIpc) is 3.46. The van der Waals surface area contributed by atoms with Crippen molar-refractivity contribution in [3.63, 3.8) is 0 Å². The minimum Gasteiger partial charge on any atom is -0.394 e. The quantitative estimate of drug-likeness (QED) is 0.0261. The summed E-state index contributed by atoms with van der Waals surface area (Å²) in [5.74, 6) is -0.174. The normalized spacial score (nSPS) is 19.0.